The molecule has 3 rings (SSSR count). The van der Waals surface area contributed by atoms with Crippen molar-refractivity contribution in [1.82, 2.24) is 15.5 Å². The van der Waals surface area contributed by atoms with Gasteiger partial charge in [0.1, 0.15) is 5.82 Å². The molecule has 0 bridgehead atoms. The van der Waals surface area contributed by atoms with E-state index < -0.39 is 6.03 Å². The second kappa shape index (κ2) is 8.21. The smallest absolute Gasteiger partial charge is 0.324 e. The van der Waals surface area contributed by atoms with Gasteiger partial charge in [0.15, 0.2) is 0 Å². The predicted octanol–water partition coefficient (Wildman–Crippen LogP) is 3.00. The fraction of sp³-hybridized carbons (Fsp3) is 0.286. The molecule has 1 atom stereocenters. The molecule has 7 heteroatoms. The van der Waals surface area contributed by atoms with Crippen LogP contribution in [0.15, 0.2) is 48.5 Å². The summed E-state index contributed by atoms with van der Waals surface area (Å²) >= 11 is 0. The molecule has 28 heavy (non-hydrogen) atoms. The van der Waals surface area contributed by atoms with Crippen LogP contribution in [-0.2, 0) is 11.3 Å². The van der Waals surface area contributed by atoms with Crippen LogP contribution in [0, 0.1) is 11.7 Å². The molecule has 1 aliphatic rings. The highest BCUT2D eigenvalue weighted by molar-refractivity contribution is 6.02. The Morgan fingerprint density at radius 2 is 1.89 bits per heavy atom. The largest absolute Gasteiger partial charge is 0.345 e. The lowest BCUT2D eigenvalue weighted by Crippen LogP contribution is -2.32. The van der Waals surface area contributed by atoms with Crippen LogP contribution in [0.25, 0.3) is 0 Å². The quantitative estimate of drug-likeness (QED) is 0.753. The molecule has 1 heterocycles. The highest BCUT2D eigenvalue weighted by Gasteiger charge is 2.28. The first-order chi connectivity index (χ1) is 13.3. The number of carbonyl (C=O) groups is 3. The summed E-state index contributed by atoms with van der Waals surface area (Å²) in [4.78, 5) is 37.3. The molecule has 1 saturated heterocycles. The average molecular weight is 383 g/mol. The molecular formula is C21H22FN3O3. The van der Waals surface area contributed by atoms with Gasteiger partial charge in [0.25, 0.3) is 5.91 Å². The number of urea groups is 1. The topological polar surface area (TPSA) is 78.5 Å². The third kappa shape index (κ3) is 4.36. The minimum atomic E-state index is -0.434. The number of nitrogens with one attached hydrogen (secondary N) is 2. The molecule has 1 fully saturated rings. The van der Waals surface area contributed by atoms with Gasteiger partial charge in [-0.05, 0) is 41.3 Å². The maximum Gasteiger partial charge on any atom is 0.324 e. The lowest BCUT2D eigenvalue weighted by atomic mass is 9.95. The zero-order valence-corrected chi connectivity index (χ0v) is 15.7. The van der Waals surface area contributed by atoms with E-state index in [0.29, 0.717) is 11.1 Å². The first-order valence-electron chi connectivity index (χ1n) is 9.08. The van der Waals surface area contributed by atoms with Crippen LogP contribution < -0.4 is 10.6 Å². The van der Waals surface area contributed by atoms with Gasteiger partial charge in [-0.2, -0.15) is 0 Å². The Kier molecular flexibility index (Phi) is 5.73. The van der Waals surface area contributed by atoms with Gasteiger partial charge in [0.05, 0.1) is 19.1 Å². The number of nitrogens with zero attached hydrogens (tertiary/aromatic N) is 1. The van der Waals surface area contributed by atoms with Crippen molar-refractivity contribution in [1.29, 1.82) is 0 Å². The van der Waals surface area contributed by atoms with Crippen molar-refractivity contribution >= 4 is 17.8 Å². The fourth-order valence-electron chi connectivity index (χ4n) is 3.14. The highest BCUT2D eigenvalue weighted by Crippen LogP contribution is 2.23. The molecule has 0 spiro atoms. The maximum absolute atomic E-state index is 13.2. The molecule has 0 radical (unpaired) electrons. The van der Waals surface area contributed by atoms with E-state index in [0.717, 1.165) is 10.5 Å². The molecule has 2 N–H and O–H groups in total. The van der Waals surface area contributed by atoms with Crippen molar-refractivity contribution in [3.05, 3.63) is 71.0 Å². The minimum absolute atomic E-state index is 0.00719. The van der Waals surface area contributed by atoms with Gasteiger partial charge in [-0.25, -0.2) is 9.18 Å². The summed E-state index contributed by atoms with van der Waals surface area (Å²) in [5.74, 6) is -0.799. The van der Waals surface area contributed by atoms with Crippen molar-refractivity contribution in [3.63, 3.8) is 0 Å². The second-order valence-electron chi connectivity index (χ2n) is 7.09. The lowest BCUT2D eigenvalue weighted by Gasteiger charge is -2.23. The second-order valence-corrected chi connectivity index (χ2v) is 7.09. The predicted molar refractivity (Wildman–Crippen MR) is 102 cm³/mol. The SMILES string of the molecule is CC(C)C(NC(=O)c1cccc(CN2C(=O)CNC2=O)c1)c1ccc(F)cc1. The summed E-state index contributed by atoms with van der Waals surface area (Å²) in [6.07, 6.45) is 0. The zero-order chi connectivity index (χ0) is 20.3. The van der Waals surface area contributed by atoms with Gasteiger partial charge in [0.2, 0.25) is 5.91 Å². The minimum Gasteiger partial charge on any atom is -0.345 e. The Balaban J connectivity index is 1.75. The van der Waals surface area contributed by atoms with E-state index in [-0.39, 0.29) is 42.7 Å². The molecule has 146 valence electrons. The van der Waals surface area contributed by atoms with Gasteiger partial charge >= 0.3 is 6.03 Å². The Morgan fingerprint density at radius 1 is 1.18 bits per heavy atom. The van der Waals surface area contributed by atoms with E-state index >= 15 is 0 Å². The summed E-state index contributed by atoms with van der Waals surface area (Å²) in [6, 6.07) is 12.2. The molecule has 0 saturated carbocycles. The zero-order valence-electron chi connectivity index (χ0n) is 15.7. The first-order valence-corrected chi connectivity index (χ1v) is 9.08. The summed E-state index contributed by atoms with van der Waals surface area (Å²) in [7, 11) is 0. The highest BCUT2D eigenvalue weighted by atomic mass is 19.1. The van der Waals surface area contributed by atoms with E-state index in [9.17, 15) is 18.8 Å². The van der Waals surface area contributed by atoms with E-state index in [1.165, 1.54) is 12.1 Å². The van der Waals surface area contributed by atoms with E-state index in [2.05, 4.69) is 10.6 Å². The number of rotatable bonds is 6. The van der Waals surface area contributed by atoms with E-state index in [1.54, 1.807) is 36.4 Å². The Labute approximate surface area is 162 Å². The molecule has 1 aliphatic heterocycles. The molecular weight excluding hydrogens is 361 g/mol. The molecule has 0 aliphatic carbocycles. The Bertz CT molecular complexity index is 880. The number of halogens is 1. The van der Waals surface area contributed by atoms with E-state index in [4.69, 9.17) is 0 Å². The number of hydrogen-bond acceptors (Lipinski definition) is 3. The summed E-state index contributed by atoms with van der Waals surface area (Å²) in [6.45, 7) is 4.05. The molecule has 0 aromatic heterocycles. The lowest BCUT2D eigenvalue weighted by molar-refractivity contribution is -0.125. The van der Waals surface area contributed by atoms with Crippen LogP contribution in [0.5, 0.6) is 0 Å². The Hall–Kier alpha value is -3.22. The molecule has 2 aromatic carbocycles. The van der Waals surface area contributed by atoms with Gasteiger partial charge in [0, 0.05) is 5.56 Å². The monoisotopic (exact) mass is 383 g/mol. The molecule has 1 unspecified atom stereocenters. The van der Waals surface area contributed by atoms with Gasteiger partial charge in [-0.3, -0.25) is 14.5 Å². The third-order valence-electron chi connectivity index (χ3n) is 4.65. The number of carbonyl (C=O) groups excluding carboxylic acids is 3. The van der Waals surface area contributed by atoms with Gasteiger partial charge in [-0.15, -0.1) is 0 Å². The van der Waals surface area contributed by atoms with Crippen molar-refractivity contribution < 1.29 is 18.8 Å². The number of benzene rings is 2. The van der Waals surface area contributed by atoms with Crippen molar-refractivity contribution in [2.75, 3.05) is 6.54 Å². The molecule has 6 nitrogen and oxygen atoms in total. The fourth-order valence-corrected chi connectivity index (χ4v) is 3.14. The summed E-state index contributed by atoms with van der Waals surface area (Å²) < 4.78 is 13.2. The standard InChI is InChI=1S/C21H22FN3O3/c1-13(2)19(15-6-8-17(22)9-7-15)24-20(27)16-5-3-4-14(10-16)12-25-18(26)11-23-21(25)28/h3-10,13,19H,11-12H2,1-2H3,(H,23,28)(H,24,27). The van der Waals surface area contributed by atoms with Gasteiger partial charge in [-0.1, -0.05) is 38.1 Å². The average Bonchev–Trinajstić information content (AvgIpc) is 2.99. The first kappa shape index (κ1) is 19.5. The molecule has 2 aromatic rings. The van der Waals surface area contributed by atoms with E-state index in [1.807, 2.05) is 13.8 Å². The number of hydrogen-bond donors (Lipinski definition) is 2. The van der Waals surface area contributed by atoms with Crippen LogP contribution >= 0.6 is 0 Å². The number of amides is 4. The third-order valence-corrected chi connectivity index (χ3v) is 4.65. The normalized spacial score (nSPS) is 14.9. The number of imide groups is 1. The van der Waals surface area contributed by atoms with Crippen LogP contribution in [0.1, 0.15) is 41.4 Å². The van der Waals surface area contributed by atoms with Crippen molar-refractivity contribution in [2.45, 2.75) is 26.4 Å². The van der Waals surface area contributed by atoms with Crippen LogP contribution in [0.2, 0.25) is 0 Å². The summed E-state index contributed by atoms with van der Waals surface area (Å²) in [5.41, 5.74) is 1.93. The Morgan fingerprint density at radius 3 is 2.50 bits per heavy atom. The van der Waals surface area contributed by atoms with Crippen molar-refractivity contribution in [2.24, 2.45) is 5.92 Å². The van der Waals surface area contributed by atoms with Crippen molar-refractivity contribution in [3.8, 4) is 0 Å². The summed E-state index contributed by atoms with van der Waals surface area (Å²) in [5, 5.41) is 5.45. The van der Waals surface area contributed by atoms with Crippen LogP contribution in [0.3, 0.4) is 0 Å². The van der Waals surface area contributed by atoms with Crippen LogP contribution in [-0.4, -0.2) is 29.3 Å². The molecule has 4 amide bonds. The maximum atomic E-state index is 13.2. The van der Waals surface area contributed by atoms with Gasteiger partial charge < -0.3 is 10.6 Å². The van der Waals surface area contributed by atoms with Crippen LogP contribution in [0.4, 0.5) is 9.18 Å².